The minimum Gasteiger partial charge on any atom is -0.456 e. The Morgan fingerprint density at radius 2 is 0.887 bits per heavy atom. The lowest BCUT2D eigenvalue weighted by atomic mass is 9.78. The number of para-hydroxylation sites is 3. The van der Waals surface area contributed by atoms with Crippen molar-refractivity contribution in [1.29, 1.82) is 0 Å². The van der Waals surface area contributed by atoms with Crippen molar-refractivity contribution in [2.45, 2.75) is 19.3 Å². The van der Waals surface area contributed by atoms with E-state index in [0.29, 0.717) is 0 Å². The highest BCUT2D eigenvalue weighted by Crippen LogP contribution is 2.55. The normalized spacial score (nSPS) is 13.2. The van der Waals surface area contributed by atoms with Gasteiger partial charge in [-0.1, -0.05) is 159 Å². The van der Waals surface area contributed by atoms with E-state index in [1.807, 2.05) is 0 Å². The minimum atomic E-state index is -0.267. The maximum atomic E-state index is 6.43. The Balaban J connectivity index is 1.38. The number of furan rings is 1. The number of hydrogen-bond acceptors (Lipinski definition) is 1. The molecule has 8 aromatic carbocycles. The third-order valence-electron chi connectivity index (χ3n) is 11.6. The number of nitrogens with zero attached hydrogens (tertiary/aromatic N) is 1. The van der Waals surface area contributed by atoms with Crippen LogP contribution in [0.15, 0.2) is 180 Å². The van der Waals surface area contributed by atoms with Gasteiger partial charge in [-0.15, -0.1) is 0 Å². The molecule has 0 N–H and O–H groups in total. The van der Waals surface area contributed by atoms with Crippen molar-refractivity contribution >= 4 is 65.3 Å². The SMILES string of the molecule is CC1(C)c2ccccc2-c2c(-n3c4ccccc4c4ccccc4c4ccccc4c4ccccc43)ccc(-c3cccc4oc5ccccc5c34)c21. The molecule has 0 radical (unpaired) electrons. The Morgan fingerprint density at radius 3 is 1.55 bits per heavy atom. The van der Waals surface area contributed by atoms with Crippen molar-refractivity contribution in [3.05, 3.63) is 187 Å². The third-order valence-corrected chi connectivity index (χ3v) is 11.6. The first kappa shape index (κ1) is 30.0. The number of fused-ring (bicyclic) bond motifs is 13. The average molecular weight is 678 g/mol. The molecule has 2 heterocycles. The summed E-state index contributed by atoms with van der Waals surface area (Å²) < 4.78 is 8.97. The molecule has 2 heteroatoms. The molecule has 11 rings (SSSR count). The quantitative estimate of drug-likeness (QED) is 0.178. The van der Waals surface area contributed by atoms with Gasteiger partial charge in [-0.3, -0.25) is 0 Å². The minimum absolute atomic E-state index is 0.267. The topological polar surface area (TPSA) is 18.1 Å². The van der Waals surface area contributed by atoms with Crippen molar-refractivity contribution in [3.63, 3.8) is 0 Å². The highest BCUT2D eigenvalue weighted by molar-refractivity contribution is 6.20. The van der Waals surface area contributed by atoms with Gasteiger partial charge in [0.2, 0.25) is 0 Å². The van der Waals surface area contributed by atoms with Crippen LogP contribution in [0, 0.1) is 0 Å². The molecule has 0 aliphatic heterocycles. The lowest BCUT2D eigenvalue weighted by Crippen LogP contribution is -2.16. The third kappa shape index (κ3) is 4.21. The predicted molar refractivity (Wildman–Crippen MR) is 224 cm³/mol. The molecule has 250 valence electrons. The van der Waals surface area contributed by atoms with Crippen LogP contribution >= 0.6 is 0 Å². The van der Waals surface area contributed by atoms with Crippen LogP contribution in [-0.2, 0) is 5.41 Å². The van der Waals surface area contributed by atoms with Crippen LogP contribution in [0.3, 0.4) is 0 Å². The Morgan fingerprint density at radius 1 is 0.396 bits per heavy atom. The maximum Gasteiger partial charge on any atom is 0.136 e. The average Bonchev–Trinajstić information content (AvgIpc) is 3.72. The van der Waals surface area contributed by atoms with Crippen molar-refractivity contribution in [3.8, 4) is 27.9 Å². The highest BCUT2D eigenvalue weighted by atomic mass is 16.3. The first-order valence-electron chi connectivity index (χ1n) is 18.4. The smallest absolute Gasteiger partial charge is 0.136 e. The van der Waals surface area contributed by atoms with Crippen LogP contribution < -0.4 is 0 Å². The molecular formula is C51H35NO. The van der Waals surface area contributed by atoms with E-state index in [1.165, 1.54) is 71.4 Å². The van der Waals surface area contributed by atoms with Crippen LogP contribution in [0.1, 0.15) is 25.0 Å². The Bertz CT molecular complexity index is 3110. The summed E-state index contributed by atoms with van der Waals surface area (Å²) in [4.78, 5) is 0. The van der Waals surface area contributed by atoms with Gasteiger partial charge < -0.3 is 8.98 Å². The number of hydrogen-bond donors (Lipinski definition) is 0. The fraction of sp³-hybridized carbons (Fsp3) is 0.0588. The molecule has 1 aliphatic rings. The molecule has 0 fully saturated rings. The summed E-state index contributed by atoms with van der Waals surface area (Å²) in [6, 6.07) is 64.3. The van der Waals surface area contributed by atoms with Crippen LogP contribution in [-0.4, -0.2) is 4.57 Å². The molecule has 0 saturated heterocycles. The standard InChI is InChI=1S/C51H35NO/c1-51(2)42-25-11-7-22-40(42)49-45(31-30-39(50(49)51)38-24-15-29-47-48(38)41-23-10-14-28-46(41)53-47)52-43-26-12-8-20-36(43)34-18-5-3-16-32(34)33-17-4-6-19-35(33)37-21-9-13-27-44(37)52/h3-31H,1-2H3. The summed E-state index contributed by atoms with van der Waals surface area (Å²) in [7, 11) is 0. The van der Waals surface area contributed by atoms with E-state index in [9.17, 15) is 0 Å². The van der Waals surface area contributed by atoms with Crippen molar-refractivity contribution in [2.24, 2.45) is 0 Å². The van der Waals surface area contributed by atoms with Gasteiger partial charge in [0.05, 0.1) is 16.7 Å². The molecule has 10 aromatic rings. The monoisotopic (exact) mass is 677 g/mol. The number of benzene rings is 8. The summed E-state index contributed by atoms with van der Waals surface area (Å²) >= 11 is 0. The van der Waals surface area contributed by atoms with Gasteiger partial charge in [-0.25, -0.2) is 0 Å². The molecule has 2 nitrogen and oxygen atoms in total. The Kier molecular flexibility index (Phi) is 6.33. The zero-order valence-electron chi connectivity index (χ0n) is 29.6. The molecule has 0 amide bonds. The maximum absolute atomic E-state index is 6.43. The second-order valence-electron chi connectivity index (χ2n) is 14.8. The van der Waals surface area contributed by atoms with Gasteiger partial charge in [-0.05, 0) is 79.7 Å². The van der Waals surface area contributed by atoms with Crippen molar-refractivity contribution < 1.29 is 4.42 Å². The fourth-order valence-electron chi connectivity index (χ4n) is 9.39. The molecular weight excluding hydrogens is 643 g/mol. The summed E-state index contributed by atoms with van der Waals surface area (Å²) in [6.45, 7) is 4.79. The van der Waals surface area contributed by atoms with Crippen molar-refractivity contribution in [2.75, 3.05) is 0 Å². The fourth-order valence-corrected chi connectivity index (χ4v) is 9.39. The molecule has 1 aliphatic carbocycles. The van der Waals surface area contributed by atoms with E-state index in [-0.39, 0.29) is 5.41 Å². The molecule has 0 spiro atoms. The van der Waals surface area contributed by atoms with Crippen LogP contribution in [0.4, 0.5) is 0 Å². The first-order chi connectivity index (χ1) is 26.1. The zero-order chi connectivity index (χ0) is 35.3. The van der Waals surface area contributed by atoms with E-state index in [2.05, 4.69) is 194 Å². The Hall–Kier alpha value is -6.64. The molecule has 0 bridgehead atoms. The van der Waals surface area contributed by atoms with Gasteiger partial charge in [0, 0.05) is 32.5 Å². The summed E-state index contributed by atoms with van der Waals surface area (Å²) in [5.74, 6) is 0. The second-order valence-corrected chi connectivity index (χ2v) is 14.8. The summed E-state index contributed by atoms with van der Waals surface area (Å²) in [5, 5.41) is 9.63. The van der Waals surface area contributed by atoms with E-state index in [0.717, 1.165) is 33.0 Å². The Labute approximate surface area is 307 Å². The van der Waals surface area contributed by atoms with Gasteiger partial charge in [-0.2, -0.15) is 0 Å². The van der Waals surface area contributed by atoms with Gasteiger partial charge >= 0.3 is 0 Å². The van der Waals surface area contributed by atoms with Crippen LogP contribution in [0.25, 0.3) is 93.2 Å². The molecule has 2 aromatic heterocycles. The van der Waals surface area contributed by atoms with Gasteiger partial charge in [0.25, 0.3) is 0 Å². The lowest BCUT2D eigenvalue weighted by Gasteiger charge is -2.26. The lowest BCUT2D eigenvalue weighted by molar-refractivity contribution is 0.661. The van der Waals surface area contributed by atoms with E-state index < -0.39 is 0 Å². The highest BCUT2D eigenvalue weighted by Gasteiger charge is 2.40. The van der Waals surface area contributed by atoms with Crippen LogP contribution in [0.5, 0.6) is 0 Å². The van der Waals surface area contributed by atoms with E-state index >= 15 is 0 Å². The second kappa shape index (κ2) is 11.2. The van der Waals surface area contributed by atoms with Gasteiger partial charge in [0.15, 0.2) is 0 Å². The van der Waals surface area contributed by atoms with Gasteiger partial charge in [0.1, 0.15) is 11.2 Å². The number of aromatic nitrogens is 1. The summed E-state index contributed by atoms with van der Waals surface area (Å²) in [5.41, 5.74) is 12.7. The van der Waals surface area contributed by atoms with Crippen LogP contribution in [0.2, 0.25) is 0 Å². The molecule has 0 unspecified atom stereocenters. The van der Waals surface area contributed by atoms with E-state index in [4.69, 9.17) is 4.42 Å². The largest absolute Gasteiger partial charge is 0.456 e. The first-order valence-corrected chi connectivity index (χ1v) is 18.4. The number of rotatable bonds is 2. The van der Waals surface area contributed by atoms with Crippen molar-refractivity contribution in [1.82, 2.24) is 4.57 Å². The zero-order valence-corrected chi connectivity index (χ0v) is 29.6. The summed E-state index contributed by atoms with van der Waals surface area (Å²) in [6.07, 6.45) is 0. The molecule has 0 saturated carbocycles. The molecule has 53 heavy (non-hydrogen) atoms. The van der Waals surface area contributed by atoms with E-state index in [1.54, 1.807) is 0 Å². The predicted octanol–water partition coefficient (Wildman–Crippen LogP) is 14.1. The molecule has 0 atom stereocenters.